The summed E-state index contributed by atoms with van der Waals surface area (Å²) in [5, 5.41) is 8.39. The molecule has 0 aliphatic rings. The molecule has 1 amide bonds. The predicted octanol–water partition coefficient (Wildman–Crippen LogP) is -0.152. The van der Waals surface area contributed by atoms with Crippen molar-refractivity contribution in [2.24, 2.45) is 11.3 Å². The van der Waals surface area contributed by atoms with Gasteiger partial charge in [-0.25, -0.2) is 5.84 Å². The molecular weight excluding hydrogens is 180 g/mol. The molecule has 0 saturated carbocycles. The predicted molar refractivity (Wildman–Crippen MR) is 53.8 cm³/mol. The van der Waals surface area contributed by atoms with Gasteiger partial charge in [0.25, 0.3) is 0 Å². The number of nitrogens with zero attached hydrogens (tertiary/aromatic N) is 2. The smallest absolute Gasteiger partial charge is 0.240 e. The van der Waals surface area contributed by atoms with Crippen molar-refractivity contribution in [3.05, 3.63) is 0 Å². The molecule has 0 bridgehead atoms. The molecule has 3 N–H and O–H groups in total. The molecule has 14 heavy (non-hydrogen) atoms. The number of hydrazine groups is 1. The van der Waals surface area contributed by atoms with Crippen LogP contribution in [0.15, 0.2) is 0 Å². The lowest BCUT2D eigenvalue weighted by atomic mass is 9.92. The molecule has 0 aliphatic carbocycles. The summed E-state index contributed by atoms with van der Waals surface area (Å²) in [6, 6.07) is 2.06. The van der Waals surface area contributed by atoms with Gasteiger partial charge in [0.2, 0.25) is 5.91 Å². The minimum Gasteiger partial charge on any atom is -0.304 e. The summed E-state index contributed by atoms with van der Waals surface area (Å²) < 4.78 is 0. The summed E-state index contributed by atoms with van der Waals surface area (Å²) in [5.41, 5.74) is 1.61. The van der Waals surface area contributed by atoms with Crippen molar-refractivity contribution in [2.75, 3.05) is 20.1 Å². The van der Waals surface area contributed by atoms with Crippen LogP contribution in [0.3, 0.4) is 0 Å². The normalized spacial score (nSPS) is 11.1. The molecule has 0 unspecified atom stereocenters. The van der Waals surface area contributed by atoms with E-state index < -0.39 is 5.41 Å². The summed E-state index contributed by atoms with van der Waals surface area (Å²) in [6.45, 7) is 4.88. The van der Waals surface area contributed by atoms with Gasteiger partial charge in [0.05, 0.1) is 11.5 Å². The van der Waals surface area contributed by atoms with Gasteiger partial charge in [-0.2, -0.15) is 5.26 Å². The molecule has 0 atom stereocenters. The molecule has 0 radical (unpaired) electrons. The summed E-state index contributed by atoms with van der Waals surface area (Å²) in [6.07, 6.45) is 0.469. The highest BCUT2D eigenvalue weighted by atomic mass is 16.2. The van der Waals surface area contributed by atoms with E-state index in [-0.39, 0.29) is 5.91 Å². The van der Waals surface area contributed by atoms with Crippen LogP contribution < -0.4 is 11.3 Å². The topological polar surface area (TPSA) is 82.2 Å². The Morgan fingerprint density at radius 1 is 1.64 bits per heavy atom. The van der Waals surface area contributed by atoms with Gasteiger partial charge in [0.15, 0.2) is 0 Å². The van der Waals surface area contributed by atoms with Gasteiger partial charge in [-0.15, -0.1) is 0 Å². The first-order valence-corrected chi connectivity index (χ1v) is 4.50. The van der Waals surface area contributed by atoms with E-state index in [1.807, 2.05) is 25.8 Å². The van der Waals surface area contributed by atoms with Crippen LogP contribution in [0.5, 0.6) is 0 Å². The fraction of sp³-hybridized carbons (Fsp3) is 0.778. The molecule has 5 heteroatoms. The number of nitrogens with two attached hydrogens (primary N) is 1. The van der Waals surface area contributed by atoms with E-state index in [0.29, 0.717) is 19.5 Å². The lowest BCUT2D eigenvalue weighted by molar-refractivity contribution is -0.130. The Balaban J connectivity index is 4.08. The number of hydrogen-bond donors (Lipinski definition) is 2. The maximum atomic E-state index is 11.3. The second-order valence-corrected chi connectivity index (χ2v) is 4.00. The lowest BCUT2D eigenvalue weighted by Crippen LogP contribution is -2.46. The molecule has 0 rings (SSSR count). The van der Waals surface area contributed by atoms with Crippen LogP contribution in [-0.2, 0) is 4.79 Å². The highest BCUT2D eigenvalue weighted by Gasteiger charge is 2.28. The van der Waals surface area contributed by atoms with E-state index in [0.717, 1.165) is 0 Å². The zero-order valence-electron chi connectivity index (χ0n) is 9.00. The number of rotatable bonds is 5. The Bertz CT molecular complexity index is 231. The maximum Gasteiger partial charge on any atom is 0.240 e. The van der Waals surface area contributed by atoms with Gasteiger partial charge in [0.1, 0.15) is 0 Å². The van der Waals surface area contributed by atoms with Gasteiger partial charge in [-0.1, -0.05) is 0 Å². The second kappa shape index (κ2) is 5.58. The third kappa shape index (κ3) is 4.21. The van der Waals surface area contributed by atoms with Gasteiger partial charge in [-0.05, 0) is 20.9 Å². The van der Waals surface area contributed by atoms with Crippen LogP contribution >= 0.6 is 0 Å². The molecule has 0 aromatic rings. The first-order valence-electron chi connectivity index (χ1n) is 4.50. The van der Waals surface area contributed by atoms with Crippen LogP contribution in [0.2, 0.25) is 0 Å². The van der Waals surface area contributed by atoms with Crippen molar-refractivity contribution < 1.29 is 4.79 Å². The molecule has 80 valence electrons. The minimum atomic E-state index is -0.529. The average Bonchev–Trinajstić information content (AvgIpc) is 2.12. The van der Waals surface area contributed by atoms with Gasteiger partial charge in [-0.3, -0.25) is 10.2 Å². The zero-order chi connectivity index (χ0) is 11.2. The Morgan fingerprint density at radius 2 is 2.21 bits per heavy atom. The number of carbonyl (C=O) groups is 1. The van der Waals surface area contributed by atoms with E-state index in [9.17, 15) is 4.79 Å². The minimum absolute atomic E-state index is 0.193. The van der Waals surface area contributed by atoms with Crippen LogP contribution in [0.1, 0.15) is 20.3 Å². The maximum absolute atomic E-state index is 11.3. The average molecular weight is 198 g/mol. The van der Waals surface area contributed by atoms with E-state index in [4.69, 9.17) is 11.1 Å². The zero-order valence-corrected chi connectivity index (χ0v) is 9.00. The first-order chi connectivity index (χ1) is 6.44. The Hall–Kier alpha value is -1.12. The largest absolute Gasteiger partial charge is 0.304 e. The molecule has 0 aliphatic heterocycles. The fourth-order valence-corrected chi connectivity index (χ4v) is 1.26. The van der Waals surface area contributed by atoms with Crippen LogP contribution in [0.4, 0.5) is 0 Å². The van der Waals surface area contributed by atoms with Crippen molar-refractivity contribution in [3.63, 3.8) is 0 Å². The Labute approximate surface area is 84.8 Å². The third-order valence-electron chi connectivity index (χ3n) is 2.02. The SMILES string of the molecule is CN(CCC#N)CC(C)(C)C(=O)NN. The second-order valence-electron chi connectivity index (χ2n) is 4.00. The number of carbonyl (C=O) groups excluding carboxylic acids is 1. The molecule has 0 spiro atoms. The molecule has 5 nitrogen and oxygen atoms in total. The van der Waals surface area contributed by atoms with Crippen molar-refractivity contribution in [1.29, 1.82) is 5.26 Å². The quantitative estimate of drug-likeness (QED) is 0.365. The van der Waals surface area contributed by atoms with Crippen molar-refractivity contribution >= 4 is 5.91 Å². The monoisotopic (exact) mass is 198 g/mol. The van der Waals surface area contributed by atoms with E-state index in [2.05, 4.69) is 11.5 Å². The highest BCUT2D eigenvalue weighted by molar-refractivity contribution is 5.81. The third-order valence-corrected chi connectivity index (χ3v) is 2.02. The number of nitriles is 1. The summed E-state index contributed by atoms with van der Waals surface area (Å²) in [7, 11) is 1.88. The molecule has 0 aromatic heterocycles. The van der Waals surface area contributed by atoms with E-state index in [1.54, 1.807) is 0 Å². The number of nitrogens with one attached hydrogen (secondary N) is 1. The molecule has 0 aromatic carbocycles. The Morgan fingerprint density at radius 3 is 2.64 bits per heavy atom. The van der Waals surface area contributed by atoms with Crippen LogP contribution in [0, 0.1) is 16.7 Å². The highest BCUT2D eigenvalue weighted by Crippen LogP contribution is 2.15. The fourth-order valence-electron chi connectivity index (χ4n) is 1.26. The standard InChI is InChI=1S/C9H18N4O/c1-9(2,8(14)12-11)7-13(3)6-4-5-10/h4,6-7,11H2,1-3H3,(H,12,14). The lowest BCUT2D eigenvalue weighted by Gasteiger charge is -2.27. The summed E-state index contributed by atoms with van der Waals surface area (Å²) in [4.78, 5) is 13.3. The summed E-state index contributed by atoms with van der Waals surface area (Å²) in [5.74, 6) is 4.87. The van der Waals surface area contributed by atoms with Crippen molar-refractivity contribution in [2.45, 2.75) is 20.3 Å². The van der Waals surface area contributed by atoms with E-state index >= 15 is 0 Å². The van der Waals surface area contributed by atoms with Gasteiger partial charge in [0, 0.05) is 19.5 Å². The number of hydrogen-bond acceptors (Lipinski definition) is 4. The van der Waals surface area contributed by atoms with Crippen LogP contribution in [-0.4, -0.2) is 30.9 Å². The molecule has 0 saturated heterocycles. The first kappa shape index (κ1) is 12.9. The van der Waals surface area contributed by atoms with E-state index in [1.165, 1.54) is 0 Å². The Kier molecular flexibility index (Phi) is 5.13. The van der Waals surface area contributed by atoms with Gasteiger partial charge < -0.3 is 4.90 Å². The molecular formula is C9H18N4O. The molecule has 0 heterocycles. The van der Waals surface area contributed by atoms with Crippen molar-refractivity contribution in [1.82, 2.24) is 10.3 Å². The van der Waals surface area contributed by atoms with Crippen molar-refractivity contribution in [3.8, 4) is 6.07 Å². The van der Waals surface area contributed by atoms with Gasteiger partial charge >= 0.3 is 0 Å². The number of amides is 1. The molecule has 0 fully saturated rings. The summed E-state index contributed by atoms with van der Waals surface area (Å²) >= 11 is 0. The van der Waals surface area contributed by atoms with Crippen LogP contribution in [0.25, 0.3) is 0 Å².